The van der Waals surface area contributed by atoms with Crippen molar-refractivity contribution in [2.75, 3.05) is 11.8 Å². The molecule has 2 aromatic carbocycles. The Bertz CT molecular complexity index is 1040. The fourth-order valence-corrected chi connectivity index (χ4v) is 4.56. The largest absolute Gasteiger partial charge is 0.495 e. The van der Waals surface area contributed by atoms with Crippen molar-refractivity contribution in [3.05, 3.63) is 58.4 Å². The Kier molecular flexibility index (Phi) is 5.53. The summed E-state index contributed by atoms with van der Waals surface area (Å²) in [6, 6.07) is 12.4. The third-order valence-corrected chi connectivity index (χ3v) is 6.37. The number of nitrogens with zero attached hydrogens (tertiary/aromatic N) is 1. The first-order chi connectivity index (χ1) is 12.8. The molecule has 0 unspecified atom stereocenters. The number of rotatable bonds is 6. The summed E-state index contributed by atoms with van der Waals surface area (Å²) in [7, 11) is -2.36. The van der Waals surface area contributed by atoms with Gasteiger partial charge < -0.3 is 4.74 Å². The number of hydrogen-bond donors (Lipinski definition) is 1. The number of aromatic nitrogens is 1. The maximum atomic E-state index is 13.0. The monoisotopic (exact) mass is 402 g/mol. The van der Waals surface area contributed by atoms with Gasteiger partial charge in [0.25, 0.3) is 10.0 Å². The molecule has 5 nitrogen and oxygen atoms in total. The minimum atomic E-state index is -3.81. The second kappa shape index (κ2) is 7.70. The van der Waals surface area contributed by atoms with Gasteiger partial charge in [0.2, 0.25) is 0 Å². The van der Waals surface area contributed by atoms with E-state index in [1.54, 1.807) is 24.3 Å². The van der Waals surface area contributed by atoms with E-state index in [4.69, 9.17) is 4.74 Å². The van der Waals surface area contributed by atoms with Gasteiger partial charge in [0, 0.05) is 16.6 Å². The number of anilines is 1. The Morgan fingerprint density at radius 1 is 1.11 bits per heavy atom. The third-order valence-electron chi connectivity index (χ3n) is 4.20. The van der Waals surface area contributed by atoms with Crippen molar-refractivity contribution in [1.29, 1.82) is 0 Å². The van der Waals surface area contributed by atoms with E-state index in [-0.39, 0.29) is 10.6 Å². The van der Waals surface area contributed by atoms with Crippen LogP contribution in [0.1, 0.15) is 30.3 Å². The molecular formula is C20H22N2O3S2. The maximum absolute atomic E-state index is 13.0. The Balaban J connectivity index is 1.97. The summed E-state index contributed by atoms with van der Waals surface area (Å²) in [5.74, 6) is 0.672. The quantitative estimate of drug-likeness (QED) is 0.626. The minimum Gasteiger partial charge on any atom is -0.495 e. The zero-order chi connectivity index (χ0) is 19.6. The summed E-state index contributed by atoms with van der Waals surface area (Å²) in [5, 5.41) is 2.83. The molecule has 7 heteroatoms. The van der Waals surface area contributed by atoms with E-state index in [9.17, 15) is 8.42 Å². The Labute approximate surface area is 164 Å². The minimum absolute atomic E-state index is 0.0843. The zero-order valence-electron chi connectivity index (χ0n) is 15.7. The molecule has 0 saturated carbocycles. The number of hydrogen-bond acceptors (Lipinski definition) is 5. The summed E-state index contributed by atoms with van der Waals surface area (Å²) in [5.41, 5.74) is 3.14. The molecule has 0 atom stereocenters. The fourth-order valence-electron chi connectivity index (χ4n) is 2.69. The van der Waals surface area contributed by atoms with Gasteiger partial charge in [-0.05, 0) is 48.7 Å². The number of aryl methyl sites for hydroxylation is 1. The number of benzene rings is 2. The van der Waals surface area contributed by atoms with Crippen LogP contribution in [0.3, 0.4) is 0 Å². The normalized spacial score (nSPS) is 11.6. The first-order valence-corrected chi connectivity index (χ1v) is 10.9. The van der Waals surface area contributed by atoms with E-state index in [0.29, 0.717) is 11.6 Å². The Hall–Kier alpha value is -2.38. The van der Waals surface area contributed by atoms with Crippen LogP contribution in [0.2, 0.25) is 0 Å². The summed E-state index contributed by atoms with van der Waals surface area (Å²) < 4.78 is 33.9. The maximum Gasteiger partial charge on any atom is 0.265 e. The molecule has 3 rings (SSSR count). The molecule has 1 aromatic heterocycles. The highest BCUT2D eigenvalue weighted by atomic mass is 32.2. The second-order valence-electron chi connectivity index (χ2n) is 6.50. The predicted octanol–water partition coefficient (Wildman–Crippen LogP) is 5.05. The van der Waals surface area contributed by atoms with Crippen LogP contribution in [0.15, 0.2) is 52.7 Å². The lowest BCUT2D eigenvalue weighted by molar-refractivity contribution is 0.403. The van der Waals surface area contributed by atoms with E-state index in [2.05, 4.69) is 23.6 Å². The second-order valence-corrected chi connectivity index (χ2v) is 9.21. The molecule has 0 amide bonds. The van der Waals surface area contributed by atoms with E-state index in [1.165, 1.54) is 18.4 Å². The molecule has 3 aromatic rings. The third kappa shape index (κ3) is 4.31. The van der Waals surface area contributed by atoms with Crippen molar-refractivity contribution in [1.82, 2.24) is 4.98 Å². The molecule has 1 heterocycles. The molecule has 0 aliphatic heterocycles. The molecule has 27 heavy (non-hydrogen) atoms. The lowest BCUT2D eigenvalue weighted by atomic mass is 10.0. The standard InChI is InChI=1S/C20H22N2O3S2/c1-13(2)15-5-8-17(9-6-15)22-27(23,24)20-11-16(7-10-19(20)25-4)18-12-26-14(3)21-18/h5-13,22H,1-4H3. The van der Waals surface area contributed by atoms with E-state index >= 15 is 0 Å². The molecule has 0 fully saturated rings. The summed E-state index contributed by atoms with van der Waals surface area (Å²) in [6.45, 7) is 6.10. The number of sulfonamides is 1. The number of methoxy groups -OCH3 is 1. The SMILES string of the molecule is COc1ccc(-c2csc(C)n2)cc1S(=O)(=O)Nc1ccc(C(C)C)cc1. The van der Waals surface area contributed by atoms with Crippen molar-refractivity contribution in [2.24, 2.45) is 0 Å². The first-order valence-electron chi connectivity index (χ1n) is 8.53. The average molecular weight is 403 g/mol. The molecule has 0 aliphatic rings. The van der Waals surface area contributed by atoms with Crippen molar-refractivity contribution in [3.8, 4) is 17.0 Å². The van der Waals surface area contributed by atoms with Crippen LogP contribution in [0.5, 0.6) is 5.75 Å². The Morgan fingerprint density at radius 3 is 2.37 bits per heavy atom. The number of thiazole rings is 1. The highest BCUT2D eigenvalue weighted by molar-refractivity contribution is 7.92. The van der Waals surface area contributed by atoms with Gasteiger partial charge >= 0.3 is 0 Å². The van der Waals surface area contributed by atoms with Crippen LogP contribution in [-0.2, 0) is 10.0 Å². The van der Waals surface area contributed by atoms with Crippen LogP contribution < -0.4 is 9.46 Å². The van der Waals surface area contributed by atoms with Crippen LogP contribution in [0, 0.1) is 6.92 Å². The van der Waals surface area contributed by atoms with Gasteiger partial charge in [-0.2, -0.15) is 0 Å². The van der Waals surface area contributed by atoms with Gasteiger partial charge in [0.1, 0.15) is 10.6 Å². The molecular weight excluding hydrogens is 380 g/mol. The van der Waals surface area contributed by atoms with Crippen molar-refractivity contribution in [3.63, 3.8) is 0 Å². The lowest BCUT2D eigenvalue weighted by Crippen LogP contribution is -2.14. The Morgan fingerprint density at radius 2 is 1.81 bits per heavy atom. The van der Waals surface area contributed by atoms with E-state index < -0.39 is 10.0 Å². The topological polar surface area (TPSA) is 68.3 Å². The lowest BCUT2D eigenvalue weighted by Gasteiger charge is -2.13. The summed E-state index contributed by atoms with van der Waals surface area (Å²) in [4.78, 5) is 4.52. The van der Waals surface area contributed by atoms with E-state index in [1.807, 2.05) is 30.5 Å². The van der Waals surface area contributed by atoms with Crippen molar-refractivity contribution >= 4 is 27.0 Å². The molecule has 0 aliphatic carbocycles. The van der Waals surface area contributed by atoms with Gasteiger partial charge in [-0.3, -0.25) is 4.72 Å². The average Bonchev–Trinajstić information content (AvgIpc) is 3.07. The molecule has 1 N–H and O–H groups in total. The smallest absolute Gasteiger partial charge is 0.265 e. The van der Waals surface area contributed by atoms with Crippen LogP contribution >= 0.6 is 11.3 Å². The van der Waals surface area contributed by atoms with Crippen LogP contribution in [-0.4, -0.2) is 20.5 Å². The number of nitrogens with one attached hydrogen (secondary N) is 1. The zero-order valence-corrected chi connectivity index (χ0v) is 17.3. The van der Waals surface area contributed by atoms with Gasteiger partial charge in [-0.15, -0.1) is 11.3 Å². The van der Waals surface area contributed by atoms with Crippen LogP contribution in [0.25, 0.3) is 11.3 Å². The van der Waals surface area contributed by atoms with Gasteiger partial charge in [-0.1, -0.05) is 26.0 Å². The first kappa shape index (κ1) is 19.4. The highest BCUT2D eigenvalue weighted by Gasteiger charge is 2.21. The summed E-state index contributed by atoms with van der Waals surface area (Å²) in [6.07, 6.45) is 0. The van der Waals surface area contributed by atoms with Gasteiger partial charge in [0.15, 0.2) is 0 Å². The van der Waals surface area contributed by atoms with E-state index in [0.717, 1.165) is 21.8 Å². The highest BCUT2D eigenvalue weighted by Crippen LogP contribution is 2.31. The molecule has 0 radical (unpaired) electrons. The molecule has 0 saturated heterocycles. The molecule has 0 bridgehead atoms. The van der Waals surface area contributed by atoms with Crippen LogP contribution in [0.4, 0.5) is 5.69 Å². The summed E-state index contributed by atoms with van der Waals surface area (Å²) >= 11 is 1.52. The van der Waals surface area contributed by atoms with Crippen molar-refractivity contribution in [2.45, 2.75) is 31.6 Å². The fraction of sp³-hybridized carbons (Fsp3) is 0.250. The number of ether oxygens (including phenoxy) is 1. The molecule has 0 spiro atoms. The molecule has 142 valence electrons. The predicted molar refractivity (Wildman–Crippen MR) is 110 cm³/mol. The van der Waals surface area contributed by atoms with Crippen molar-refractivity contribution < 1.29 is 13.2 Å². The van der Waals surface area contributed by atoms with Gasteiger partial charge in [-0.25, -0.2) is 13.4 Å². The van der Waals surface area contributed by atoms with Gasteiger partial charge in [0.05, 0.1) is 17.8 Å².